The highest BCUT2D eigenvalue weighted by Gasteiger charge is 2.27. The number of hydrogen-bond acceptors (Lipinski definition) is 5. The van der Waals surface area contributed by atoms with Crippen molar-refractivity contribution in [3.05, 3.63) is 23.8 Å². The van der Waals surface area contributed by atoms with Gasteiger partial charge >= 0.3 is 0 Å². The lowest BCUT2D eigenvalue weighted by Crippen LogP contribution is -2.09. The Bertz CT molecular complexity index is 486. The average Bonchev–Trinajstić information content (AvgIpc) is 2.67. The van der Waals surface area contributed by atoms with Crippen LogP contribution in [0.1, 0.15) is 25.3 Å². The van der Waals surface area contributed by atoms with Crippen LogP contribution in [0.5, 0.6) is 0 Å². The first-order valence-corrected chi connectivity index (χ1v) is 4.79. The highest BCUT2D eigenvalue weighted by Crippen LogP contribution is 2.24. The Balaban J connectivity index is 2.35. The molecular weight excluding hydrogens is 211 g/mol. The maximum atomic E-state index is 13.5. The molecule has 2 rings (SSSR count). The fourth-order valence-electron chi connectivity index (χ4n) is 1.06. The fourth-order valence-corrected chi connectivity index (χ4v) is 1.06. The van der Waals surface area contributed by atoms with Crippen LogP contribution in [-0.4, -0.2) is 20.1 Å². The summed E-state index contributed by atoms with van der Waals surface area (Å²) in [5, 5.41) is 3.63. The maximum Gasteiger partial charge on any atom is 0.264 e. The summed E-state index contributed by atoms with van der Waals surface area (Å²) in [5.41, 5.74) is -0.728. The minimum atomic E-state index is -1.66. The molecule has 0 N–H and O–H groups in total. The number of aryl methyl sites for hydroxylation is 1. The van der Waals surface area contributed by atoms with Crippen LogP contribution in [0.25, 0.3) is 11.6 Å². The summed E-state index contributed by atoms with van der Waals surface area (Å²) in [4.78, 5) is 12.0. The standard InChI is InChI=1S/C10H11FN4O/c1-6-4-12-7(13-5-6)8-14-9(16-15-8)10(2,3)11/h4-5H,1-3H3. The number of aromatic nitrogens is 4. The smallest absolute Gasteiger partial charge is 0.264 e. The first-order chi connectivity index (χ1) is 7.47. The summed E-state index contributed by atoms with van der Waals surface area (Å²) in [5.74, 6) is 0.442. The summed E-state index contributed by atoms with van der Waals surface area (Å²) in [7, 11) is 0. The van der Waals surface area contributed by atoms with Gasteiger partial charge in [-0.2, -0.15) is 4.98 Å². The summed E-state index contributed by atoms with van der Waals surface area (Å²) < 4.78 is 18.3. The van der Waals surface area contributed by atoms with Crippen molar-refractivity contribution in [2.24, 2.45) is 0 Å². The zero-order valence-electron chi connectivity index (χ0n) is 9.23. The van der Waals surface area contributed by atoms with Crippen LogP contribution in [0, 0.1) is 6.92 Å². The predicted molar refractivity (Wildman–Crippen MR) is 54.2 cm³/mol. The molecule has 0 saturated carbocycles. The lowest BCUT2D eigenvalue weighted by Gasteiger charge is -2.05. The van der Waals surface area contributed by atoms with E-state index in [1.54, 1.807) is 12.4 Å². The molecule has 0 bridgehead atoms. The average molecular weight is 222 g/mol. The van der Waals surface area contributed by atoms with E-state index in [1.807, 2.05) is 6.92 Å². The van der Waals surface area contributed by atoms with E-state index in [9.17, 15) is 4.39 Å². The fraction of sp³-hybridized carbons (Fsp3) is 0.400. The van der Waals surface area contributed by atoms with Gasteiger partial charge in [0.2, 0.25) is 11.6 Å². The number of rotatable bonds is 2. The Morgan fingerprint density at radius 3 is 2.31 bits per heavy atom. The number of nitrogens with zero attached hydrogens (tertiary/aromatic N) is 4. The van der Waals surface area contributed by atoms with E-state index in [2.05, 4.69) is 20.1 Å². The molecule has 0 aliphatic rings. The minimum Gasteiger partial charge on any atom is -0.335 e. The number of hydrogen-bond donors (Lipinski definition) is 0. The van der Waals surface area contributed by atoms with Crippen LogP contribution in [0.2, 0.25) is 0 Å². The zero-order valence-corrected chi connectivity index (χ0v) is 9.23. The molecule has 0 saturated heterocycles. The quantitative estimate of drug-likeness (QED) is 0.777. The predicted octanol–water partition coefficient (Wildman–Crippen LogP) is 2.04. The second-order valence-corrected chi connectivity index (χ2v) is 3.98. The van der Waals surface area contributed by atoms with Gasteiger partial charge in [0, 0.05) is 12.4 Å². The van der Waals surface area contributed by atoms with Crippen molar-refractivity contribution in [3.8, 4) is 11.6 Å². The molecule has 0 aliphatic carbocycles. The highest BCUT2D eigenvalue weighted by molar-refractivity contribution is 5.41. The molecular formula is C10H11FN4O. The van der Waals surface area contributed by atoms with Crippen LogP contribution < -0.4 is 0 Å². The van der Waals surface area contributed by atoms with Crippen LogP contribution >= 0.6 is 0 Å². The SMILES string of the molecule is Cc1cnc(-c2noc(C(C)(C)F)n2)nc1. The van der Waals surface area contributed by atoms with Crippen molar-refractivity contribution in [1.29, 1.82) is 0 Å². The molecule has 0 fully saturated rings. The van der Waals surface area contributed by atoms with Crippen molar-refractivity contribution in [2.75, 3.05) is 0 Å². The molecule has 2 aromatic rings. The third kappa shape index (κ3) is 2.05. The van der Waals surface area contributed by atoms with E-state index < -0.39 is 5.67 Å². The summed E-state index contributed by atoms with van der Waals surface area (Å²) in [6.07, 6.45) is 3.28. The van der Waals surface area contributed by atoms with Gasteiger partial charge in [-0.25, -0.2) is 14.4 Å². The van der Waals surface area contributed by atoms with Crippen LogP contribution in [0.4, 0.5) is 4.39 Å². The van der Waals surface area contributed by atoms with Gasteiger partial charge in [0.1, 0.15) is 0 Å². The molecule has 0 aromatic carbocycles. The molecule has 0 amide bonds. The second-order valence-electron chi connectivity index (χ2n) is 3.98. The molecule has 0 unspecified atom stereocenters. The van der Waals surface area contributed by atoms with Gasteiger partial charge in [-0.1, -0.05) is 5.16 Å². The van der Waals surface area contributed by atoms with Gasteiger partial charge < -0.3 is 4.52 Å². The van der Waals surface area contributed by atoms with Crippen molar-refractivity contribution in [2.45, 2.75) is 26.4 Å². The Morgan fingerprint density at radius 2 is 1.81 bits per heavy atom. The van der Waals surface area contributed by atoms with Crippen LogP contribution in [-0.2, 0) is 5.67 Å². The van der Waals surface area contributed by atoms with Crippen molar-refractivity contribution < 1.29 is 8.91 Å². The van der Waals surface area contributed by atoms with E-state index in [1.165, 1.54) is 13.8 Å². The van der Waals surface area contributed by atoms with Gasteiger partial charge in [0.15, 0.2) is 5.67 Å². The van der Waals surface area contributed by atoms with E-state index in [0.717, 1.165) is 5.56 Å². The molecule has 5 nitrogen and oxygen atoms in total. The molecule has 84 valence electrons. The van der Waals surface area contributed by atoms with Gasteiger partial charge in [0.05, 0.1) is 0 Å². The minimum absolute atomic E-state index is 0.0772. The third-order valence-electron chi connectivity index (χ3n) is 1.92. The van der Waals surface area contributed by atoms with Crippen molar-refractivity contribution in [1.82, 2.24) is 20.1 Å². The molecule has 0 spiro atoms. The first-order valence-electron chi connectivity index (χ1n) is 4.79. The third-order valence-corrected chi connectivity index (χ3v) is 1.92. The molecule has 6 heteroatoms. The first kappa shape index (κ1) is 10.7. The summed E-state index contributed by atoms with van der Waals surface area (Å²) in [6.45, 7) is 4.57. The molecule has 0 radical (unpaired) electrons. The van der Waals surface area contributed by atoms with E-state index in [4.69, 9.17) is 4.52 Å². The number of alkyl halides is 1. The van der Waals surface area contributed by atoms with E-state index in [0.29, 0.717) is 5.82 Å². The Kier molecular flexibility index (Phi) is 2.41. The molecule has 0 atom stereocenters. The van der Waals surface area contributed by atoms with Crippen LogP contribution in [0.15, 0.2) is 16.9 Å². The lowest BCUT2D eigenvalue weighted by molar-refractivity contribution is 0.155. The summed E-state index contributed by atoms with van der Waals surface area (Å²) >= 11 is 0. The zero-order chi connectivity index (χ0) is 11.8. The van der Waals surface area contributed by atoms with E-state index >= 15 is 0 Å². The van der Waals surface area contributed by atoms with Gasteiger partial charge in [-0.3, -0.25) is 0 Å². The molecule has 16 heavy (non-hydrogen) atoms. The van der Waals surface area contributed by atoms with Gasteiger partial charge in [-0.15, -0.1) is 0 Å². The van der Waals surface area contributed by atoms with Crippen molar-refractivity contribution >= 4 is 0 Å². The van der Waals surface area contributed by atoms with Crippen molar-refractivity contribution in [3.63, 3.8) is 0 Å². The largest absolute Gasteiger partial charge is 0.335 e. The topological polar surface area (TPSA) is 64.7 Å². The van der Waals surface area contributed by atoms with Gasteiger partial charge in [-0.05, 0) is 26.3 Å². The lowest BCUT2D eigenvalue weighted by atomic mass is 10.2. The van der Waals surface area contributed by atoms with E-state index in [-0.39, 0.29) is 11.7 Å². The Labute approximate surface area is 91.7 Å². The molecule has 2 heterocycles. The Hall–Kier alpha value is -1.85. The monoisotopic (exact) mass is 222 g/mol. The van der Waals surface area contributed by atoms with Crippen LogP contribution in [0.3, 0.4) is 0 Å². The normalized spacial score (nSPS) is 11.8. The van der Waals surface area contributed by atoms with Gasteiger partial charge in [0.25, 0.3) is 5.89 Å². The molecule has 2 aromatic heterocycles. The highest BCUT2D eigenvalue weighted by atomic mass is 19.1. The molecule has 0 aliphatic heterocycles. The Morgan fingerprint density at radius 1 is 1.19 bits per heavy atom. The second kappa shape index (κ2) is 3.62. The number of halogens is 1. The maximum absolute atomic E-state index is 13.5. The summed E-state index contributed by atoms with van der Waals surface area (Å²) in [6, 6.07) is 0.